The molecule has 0 saturated heterocycles. The molecule has 0 aliphatic carbocycles. The fraction of sp³-hybridized carbons (Fsp3) is 0.438. The minimum Gasteiger partial charge on any atom is 0 e. The minimum absolute atomic E-state index is 0. The molecule has 0 bridgehead atoms. The van der Waals surface area contributed by atoms with Crippen molar-refractivity contribution in [2.45, 2.75) is 39.0 Å². The predicted octanol–water partition coefficient (Wildman–Crippen LogP) is 3.87. The molecule has 1 aromatic carbocycles. The van der Waals surface area contributed by atoms with E-state index in [-0.39, 0.29) is 17.4 Å². The van der Waals surface area contributed by atoms with E-state index in [4.69, 9.17) is 18.7 Å². The van der Waals surface area contributed by atoms with E-state index in [2.05, 4.69) is 45.9 Å². The smallest absolute Gasteiger partial charge is 0 e. The fourth-order valence-electron chi connectivity index (χ4n) is 1.61. The molecule has 5 heteroatoms. The third-order valence-corrected chi connectivity index (χ3v) is 2.68. The van der Waals surface area contributed by atoms with Crippen LogP contribution in [0.2, 0.25) is 0 Å². The van der Waals surface area contributed by atoms with Crippen LogP contribution in [0.5, 0.6) is 5.75 Å². The van der Waals surface area contributed by atoms with Gasteiger partial charge >= 0.3 is 33.9 Å². The third-order valence-electron chi connectivity index (χ3n) is 2.68. The van der Waals surface area contributed by atoms with Gasteiger partial charge in [0.15, 0.2) is 0 Å². The summed E-state index contributed by atoms with van der Waals surface area (Å²) in [4.78, 5) is 0. The van der Waals surface area contributed by atoms with Crippen molar-refractivity contribution >= 4 is 0 Å². The van der Waals surface area contributed by atoms with E-state index in [9.17, 15) is 0 Å². The van der Waals surface area contributed by atoms with Gasteiger partial charge in [-0.2, -0.15) is 0 Å². The molecular weight excluding hydrogens is 308 g/mol. The van der Waals surface area contributed by atoms with E-state index >= 15 is 0 Å². The van der Waals surface area contributed by atoms with Gasteiger partial charge in [0.05, 0.1) is 7.11 Å². The van der Waals surface area contributed by atoms with Crippen LogP contribution in [0.1, 0.15) is 44.6 Å². The van der Waals surface area contributed by atoms with E-state index < -0.39 is 0 Å². The average Bonchev–Trinajstić information content (AvgIpc) is 2.58. The zero-order valence-corrected chi connectivity index (χ0v) is 13.8. The summed E-state index contributed by atoms with van der Waals surface area (Å²) < 4.78 is 27.6. The molecule has 0 spiro atoms. The molecule has 4 nitrogen and oxygen atoms in total. The predicted molar refractivity (Wildman–Crippen MR) is 72.7 cm³/mol. The minimum atomic E-state index is 0. The normalized spacial score (nSPS) is 8.62. The topological polar surface area (TPSA) is 68.9 Å². The SMILES string of the molecule is CCCC[C@H](C)c1ccc(OC)cc1.[C-]#[O+].[C-]#[O+].[C-]#[O+].[Cr]. The molecule has 0 amide bonds. The van der Waals surface area contributed by atoms with Crippen molar-refractivity contribution < 1.29 is 36.1 Å². The standard InChI is InChI=1S/C13H20O.3CO.Cr/c1-4-5-6-11(2)12-7-9-13(14-3)10-8-12;3*1-2;/h7-11H,4-6H2,1-3H3;;;;/t11-;;;;/m0..../s1. The van der Waals surface area contributed by atoms with E-state index in [0.29, 0.717) is 5.92 Å². The van der Waals surface area contributed by atoms with Crippen LogP contribution in [0.15, 0.2) is 24.3 Å². The van der Waals surface area contributed by atoms with E-state index in [1.807, 2.05) is 12.1 Å². The second-order valence-corrected chi connectivity index (χ2v) is 3.82. The first-order valence-electron chi connectivity index (χ1n) is 6.03. The van der Waals surface area contributed by atoms with Crippen LogP contribution in [-0.4, -0.2) is 7.11 Å². The quantitative estimate of drug-likeness (QED) is 0.597. The maximum absolute atomic E-state index is 7.50. The Bertz CT molecular complexity index is 354. The molecule has 0 saturated carbocycles. The molecule has 0 radical (unpaired) electrons. The molecule has 1 aromatic rings. The van der Waals surface area contributed by atoms with Gasteiger partial charge in [-0.1, -0.05) is 38.8 Å². The van der Waals surface area contributed by atoms with Crippen molar-refractivity contribution in [2.75, 3.05) is 7.11 Å². The Balaban J connectivity index is -0.000000183. The maximum atomic E-state index is 7.50. The Hall–Kier alpha value is -1.23. The summed E-state index contributed by atoms with van der Waals surface area (Å²) >= 11 is 0. The zero-order chi connectivity index (χ0) is 16.4. The molecule has 0 aromatic heterocycles. The summed E-state index contributed by atoms with van der Waals surface area (Å²) in [7, 11) is 1.70. The zero-order valence-electron chi connectivity index (χ0n) is 12.5. The van der Waals surface area contributed by atoms with Gasteiger partial charge in [-0.25, -0.2) is 0 Å². The van der Waals surface area contributed by atoms with Gasteiger partial charge in [-0.3, -0.25) is 0 Å². The van der Waals surface area contributed by atoms with Crippen molar-refractivity contribution in [1.82, 2.24) is 0 Å². The second kappa shape index (κ2) is 23.8. The van der Waals surface area contributed by atoms with Crippen LogP contribution >= 0.6 is 0 Å². The fourth-order valence-corrected chi connectivity index (χ4v) is 1.61. The summed E-state index contributed by atoms with van der Waals surface area (Å²) in [5.41, 5.74) is 1.42. The van der Waals surface area contributed by atoms with Gasteiger partial charge in [0.25, 0.3) is 0 Å². The van der Waals surface area contributed by atoms with E-state index in [0.717, 1.165) is 5.75 Å². The van der Waals surface area contributed by atoms with Crippen LogP contribution < -0.4 is 4.74 Å². The van der Waals surface area contributed by atoms with Crippen LogP contribution in [0.3, 0.4) is 0 Å². The van der Waals surface area contributed by atoms with Gasteiger partial charge < -0.3 is 4.74 Å². The van der Waals surface area contributed by atoms with E-state index in [1.54, 1.807) is 7.11 Å². The number of hydrogen-bond donors (Lipinski definition) is 0. The first kappa shape index (κ1) is 28.0. The van der Waals surface area contributed by atoms with Gasteiger partial charge in [0.2, 0.25) is 0 Å². The van der Waals surface area contributed by atoms with Crippen LogP contribution in [0.25, 0.3) is 0 Å². The summed E-state index contributed by atoms with van der Waals surface area (Å²) in [5.74, 6) is 1.61. The number of ether oxygens (including phenoxy) is 1. The van der Waals surface area contributed by atoms with Crippen LogP contribution in [0.4, 0.5) is 0 Å². The van der Waals surface area contributed by atoms with Crippen molar-refractivity contribution in [3.63, 3.8) is 0 Å². The van der Waals surface area contributed by atoms with Crippen LogP contribution in [0, 0.1) is 20.0 Å². The Morgan fingerprint density at radius 1 is 1.00 bits per heavy atom. The molecule has 1 atom stereocenters. The summed E-state index contributed by atoms with van der Waals surface area (Å²) in [6.45, 7) is 18.0. The molecule has 114 valence electrons. The molecule has 0 aliphatic rings. The van der Waals surface area contributed by atoms with Crippen molar-refractivity contribution in [2.24, 2.45) is 0 Å². The average molecular weight is 328 g/mol. The van der Waals surface area contributed by atoms with Crippen molar-refractivity contribution in [1.29, 1.82) is 0 Å². The Morgan fingerprint density at radius 3 is 1.76 bits per heavy atom. The molecule has 0 fully saturated rings. The largest absolute Gasteiger partial charge is 0 e. The number of benzene rings is 1. The van der Waals surface area contributed by atoms with E-state index in [1.165, 1.54) is 24.8 Å². The van der Waals surface area contributed by atoms with Crippen molar-refractivity contribution in [3.8, 4) is 5.75 Å². The molecule has 0 heterocycles. The number of methoxy groups -OCH3 is 1. The second-order valence-electron chi connectivity index (χ2n) is 3.82. The molecule has 0 unspecified atom stereocenters. The van der Waals surface area contributed by atoms with Gasteiger partial charge in [0.1, 0.15) is 5.75 Å². The van der Waals surface area contributed by atoms with Crippen molar-refractivity contribution in [3.05, 3.63) is 49.8 Å². The number of unbranched alkanes of at least 4 members (excludes halogenated alkanes) is 1. The Labute approximate surface area is 138 Å². The first-order chi connectivity index (χ1) is 9.77. The third kappa shape index (κ3) is 15.0. The number of hydrogen-bond acceptors (Lipinski definition) is 1. The summed E-state index contributed by atoms with van der Waals surface area (Å²) in [5, 5.41) is 0. The monoisotopic (exact) mass is 328 g/mol. The van der Waals surface area contributed by atoms with Crippen LogP contribution in [-0.2, 0) is 31.3 Å². The molecular formula is C16H20CrO4. The number of rotatable bonds is 5. The first-order valence-corrected chi connectivity index (χ1v) is 6.03. The summed E-state index contributed by atoms with van der Waals surface area (Å²) in [6, 6.07) is 8.41. The Morgan fingerprint density at radius 2 is 1.43 bits per heavy atom. The Kier molecular flexibility index (Phi) is 31.8. The van der Waals surface area contributed by atoms with Gasteiger partial charge in [-0.05, 0) is 30.0 Å². The molecule has 21 heavy (non-hydrogen) atoms. The maximum Gasteiger partial charge on any atom is 0 e. The summed E-state index contributed by atoms with van der Waals surface area (Å²) in [6.07, 6.45) is 3.87. The molecule has 0 aliphatic heterocycles. The molecule has 1 rings (SSSR count). The molecule has 0 N–H and O–H groups in total. The van der Waals surface area contributed by atoms with Gasteiger partial charge in [-0.15, -0.1) is 0 Å². The van der Waals surface area contributed by atoms with Gasteiger partial charge in [0, 0.05) is 17.4 Å².